The standard InChI is InChI=1S/C25H23Cl2N3O3/c1-15-4-5-16(2)23(12-15)28-24(31)25(32)30-29-17(3)18-7-10-21(11-8-18)33-14-19-6-9-20(26)13-22(19)27/h4-13H,14H2,1-3H3,(H,28,31)(H,30,32)/b29-17+. The molecule has 0 bridgehead atoms. The molecule has 33 heavy (non-hydrogen) atoms. The van der Waals surface area contributed by atoms with Gasteiger partial charge in [-0.1, -0.05) is 41.4 Å². The number of hydrogen-bond donors (Lipinski definition) is 2. The third-order valence-corrected chi connectivity index (χ3v) is 5.44. The lowest BCUT2D eigenvalue weighted by atomic mass is 10.1. The number of aryl methyl sites for hydroxylation is 2. The van der Waals surface area contributed by atoms with Crippen LogP contribution < -0.4 is 15.5 Å². The summed E-state index contributed by atoms with van der Waals surface area (Å²) in [6, 6.07) is 18.0. The van der Waals surface area contributed by atoms with Crippen LogP contribution in [0.4, 0.5) is 5.69 Å². The van der Waals surface area contributed by atoms with Crippen LogP contribution in [-0.4, -0.2) is 17.5 Å². The van der Waals surface area contributed by atoms with E-state index in [4.69, 9.17) is 27.9 Å². The number of ether oxygens (including phenoxy) is 1. The average Bonchev–Trinajstić information content (AvgIpc) is 2.79. The maximum absolute atomic E-state index is 12.2. The molecule has 170 valence electrons. The second-order valence-corrected chi connectivity index (χ2v) is 8.30. The van der Waals surface area contributed by atoms with Crippen LogP contribution in [0.1, 0.15) is 29.2 Å². The third kappa shape index (κ3) is 6.81. The molecule has 0 unspecified atom stereocenters. The molecule has 3 aromatic rings. The van der Waals surface area contributed by atoms with Gasteiger partial charge in [-0.05, 0) is 79.9 Å². The van der Waals surface area contributed by atoms with E-state index in [9.17, 15) is 9.59 Å². The molecular formula is C25H23Cl2N3O3. The van der Waals surface area contributed by atoms with Gasteiger partial charge in [0.05, 0.1) is 5.71 Å². The number of benzene rings is 3. The van der Waals surface area contributed by atoms with Crippen LogP contribution in [0.5, 0.6) is 5.75 Å². The van der Waals surface area contributed by atoms with Gasteiger partial charge in [0.2, 0.25) is 0 Å². The minimum absolute atomic E-state index is 0.300. The first-order valence-corrected chi connectivity index (χ1v) is 10.9. The van der Waals surface area contributed by atoms with Gasteiger partial charge in [0, 0.05) is 21.3 Å². The van der Waals surface area contributed by atoms with Crippen molar-refractivity contribution in [1.82, 2.24) is 5.43 Å². The first-order chi connectivity index (χ1) is 15.7. The lowest BCUT2D eigenvalue weighted by Crippen LogP contribution is -2.33. The van der Waals surface area contributed by atoms with Crippen LogP contribution in [0, 0.1) is 13.8 Å². The fourth-order valence-corrected chi connectivity index (χ4v) is 3.35. The van der Waals surface area contributed by atoms with Gasteiger partial charge in [-0.2, -0.15) is 5.10 Å². The molecule has 3 rings (SSSR count). The Hall–Kier alpha value is -3.35. The van der Waals surface area contributed by atoms with Gasteiger partial charge in [-0.3, -0.25) is 9.59 Å². The van der Waals surface area contributed by atoms with Crippen LogP contribution >= 0.6 is 23.2 Å². The summed E-state index contributed by atoms with van der Waals surface area (Å²) in [4.78, 5) is 24.3. The number of nitrogens with one attached hydrogen (secondary N) is 2. The number of carbonyl (C=O) groups excluding carboxylic acids is 2. The zero-order valence-corrected chi connectivity index (χ0v) is 19.9. The van der Waals surface area contributed by atoms with E-state index in [0.29, 0.717) is 33.8 Å². The second kappa shape index (κ2) is 11.0. The maximum Gasteiger partial charge on any atom is 0.329 e. The molecule has 0 aliphatic carbocycles. The van der Waals surface area contributed by atoms with Crippen LogP contribution in [0.2, 0.25) is 10.0 Å². The van der Waals surface area contributed by atoms with Gasteiger partial charge in [-0.15, -0.1) is 0 Å². The molecule has 0 saturated heterocycles. The largest absolute Gasteiger partial charge is 0.489 e. The van der Waals surface area contributed by atoms with Gasteiger partial charge in [0.25, 0.3) is 0 Å². The Bertz CT molecular complexity index is 1210. The van der Waals surface area contributed by atoms with Crippen LogP contribution in [-0.2, 0) is 16.2 Å². The lowest BCUT2D eigenvalue weighted by molar-refractivity contribution is -0.136. The predicted molar refractivity (Wildman–Crippen MR) is 132 cm³/mol. The van der Waals surface area contributed by atoms with Gasteiger partial charge in [0.15, 0.2) is 0 Å². The minimum atomic E-state index is -0.852. The van der Waals surface area contributed by atoms with E-state index in [1.165, 1.54) is 0 Å². The molecule has 0 radical (unpaired) electrons. The first kappa shape index (κ1) is 24.3. The van der Waals surface area contributed by atoms with Crippen LogP contribution in [0.3, 0.4) is 0 Å². The molecule has 0 aliphatic heterocycles. The van der Waals surface area contributed by atoms with Gasteiger partial charge < -0.3 is 10.1 Å². The van der Waals surface area contributed by atoms with E-state index >= 15 is 0 Å². The van der Waals surface area contributed by atoms with Crippen molar-refractivity contribution in [2.24, 2.45) is 5.10 Å². The summed E-state index contributed by atoms with van der Waals surface area (Å²) in [5.74, 6) is -0.991. The Balaban J connectivity index is 1.56. The molecule has 0 fully saturated rings. The van der Waals surface area contributed by atoms with Crippen molar-refractivity contribution in [3.05, 3.63) is 93.0 Å². The number of rotatable bonds is 6. The fourth-order valence-electron chi connectivity index (χ4n) is 2.89. The van der Waals surface area contributed by atoms with Crippen molar-refractivity contribution < 1.29 is 14.3 Å². The molecule has 0 heterocycles. The molecule has 6 nitrogen and oxygen atoms in total. The van der Waals surface area contributed by atoms with Crippen molar-refractivity contribution in [2.45, 2.75) is 27.4 Å². The highest BCUT2D eigenvalue weighted by atomic mass is 35.5. The molecule has 0 saturated carbocycles. The number of anilines is 1. The Labute approximate surface area is 202 Å². The number of halogens is 2. The molecule has 0 aromatic heterocycles. The van der Waals surface area contributed by atoms with E-state index in [1.807, 2.05) is 32.0 Å². The highest BCUT2D eigenvalue weighted by Gasteiger charge is 2.14. The molecule has 0 spiro atoms. The van der Waals surface area contributed by atoms with Crippen molar-refractivity contribution in [3.63, 3.8) is 0 Å². The van der Waals surface area contributed by atoms with Gasteiger partial charge in [-0.25, -0.2) is 5.43 Å². The summed E-state index contributed by atoms with van der Waals surface area (Å²) in [5.41, 5.74) is 6.85. The second-order valence-electron chi connectivity index (χ2n) is 7.46. The van der Waals surface area contributed by atoms with E-state index in [1.54, 1.807) is 49.4 Å². The zero-order chi connectivity index (χ0) is 24.0. The van der Waals surface area contributed by atoms with Gasteiger partial charge >= 0.3 is 11.8 Å². The molecule has 0 aliphatic rings. The summed E-state index contributed by atoms with van der Waals surface area (Å²) in [6.07, 6.45) is 0. The van der Waals surface area contributed by atoms with Crippen molar-refractivity contribution in [2.75, 3.05) is 5.32 Å². The summed E-state index contributed by atoms with van der Waals surface area (Å²) >= 11 is 12.1. The smallest absolute Gasteiger partial charge is 0.329 e. The normalized spacial score (nSPS) is 11.1. The third-order valence-electron chi connectivity index (χ3n) is 4.85. The molecule has 2 N–H and O–H groups in total. The molecule has 2 amide bonds. The molecular weight excluding hydrogens is 461 g/mol. The maximum atomic E-state index is 12.2. The Morgan fingerprint density at radius 1 is 0.939 bits per heavy atom. The Kier molecular flexibility index (Phi) is 8.09. The number of nitrogens with zero attached hydrogens (tertiary/aromatic N) is 1. The molecule has 8 heteroatoms. The predicted octanol–water partition coefficient (Wildman–Crippen LogP) is 5.67. The van der Waals surface area contributed by atoms with Crippen molar-refractivity contribution in [3.8, 4) is 5.75 Å². The van der Waals surface area contributed by atoms with Gasteiger partial charge in [0.1, 0.15) is 12.4 Å². The highest BCUT2D eigenvalue weighted by Crippen LogP contribution is 2.23. The van der Waals surface area contributed by atoms with E-state index < -0.39 is 11.8 Å². The Morgan fingerprint density at radius 3 is 2.36 bits per heavy atom. The Morgan fingerprint density at radius 2 is 1.67 bits per heavy atom. The highest BCUT2D eigenvalue weighted by molar-refractivity contribution is 6.39. The van der Waals surface area contributed by atoms with Crippen molar-refractivity contribution >= 4 is 46.4 Å². The molecule has 0 atom stereocenters. The lowest BCUT2D eigenvalue weighted by Gasteiger charge is -2.09. The SMILES string of the molecule is C/C(=N\NC(=O)C(=O)Nc1cc(C)ccc1C)c1ccc(OCc2ccc(Cl)cc2Cl)cc1. The topological polar surface area (TPSA) is 79.8 Å². The quantitative estimate of drug-likeness (QED) is 0.269. The fraction of sp³-hybridized carbons (Fsp3) is 0.160. The monoisotopic (exact) mass is 483 g/mol. The van der Waals surface area contributed by atoms with E-state index in [2.05, 4.69) is 15.8 Å². The summed E-state index contributed by atoms with van der Waals surface area (Å²) in [5, 5.41) is 7.74. The summed E-state index contributed by atoms with van der Waals surface area (Å²) < 4.78 is 5.76. The van der Waals surface area contributed by atoms with Crippen molar-refractivity contribution in [1.29, 1.82) is 0 Å². The van der Waals surface area contributed by atoms with Crippen LogP contribution in [0.15, 0.2) is 65.8 Å². The van der Waals surface area contributed by atoms with E-state index in [0.717, 1.165) is 22.3 Å². The minimum Gasteiger partial charge on any atom is -0.489 e. The zero-order valence-electron chi connectivity index (χ0n) is 18.4. The number of hydrazone groups is 1. The van der Waals surface area contributed by atoms with E-state index in [-0.39, 0.29) is 0 Å². The summed E-state index contributed by atoms with van der Waals surface area (Å²) in [7, 11) is 0. The molecule has 3 aromatic carbocycles. The average molecular weight is 484 g/mol. The number of amides is 2. The number of carbonyl (C=O) groups is 2. The summed E-state index contributed by atoms with van der Waals surface area (Å²) in [6.45, 7) is 5.79. The number of hydrogen-bond acceptors (Lipinski definition) is 4. The van der Waals surface area contributed by atoms with Crippen LogP contribution in [0.25, 0.3) is 0 Å². The first-order valence-electron chi connectivity index (χ1n) is 10.1.